The number of hydrogen-bond donors (Lipinski definition) is 1. The van der Waals surface area contributed by atoms with Gasteiger partial charge in [0, 0.05) is 19.5 Å². The quantitative estimate of drug-likeness (QED) is 0.819. The standard InChI is InChI=1S/C17H29NO4/c1-13-4-2-6-15(10-13)22-12-16(19)18-9-3-5-14(11-18)7-8-17(20)21/h13-15H,2-12H2,1H3,(H,20,21)/t13-,14+,15-/m1/s1. The van der Waals surface area contributed by atoms with Crippen LogP contribution in [0.15, 0.2) is 0 Å². The van der Waals surface area contributed by atoms with Crippen LogP contribution < -0.4 is 0 Å². The van der Waals surface area contributed by atoms with Gasteiger partial charge in [-0.05, 0) is 43.9 Å². The number of carboxylic acids is 1. The van der Waals surface area contributed by atoms with E-state index < -0.39 is 5.97 Å². The molecule has 1 amide bonds. The second-order valence-electron chi connectivity index (χ2n) is 6.99. The van der Waals surface area contributed by atoms with E-state index in [2.05, 4.69) is 6.92 Å². The van der Waals surface area contributed by atoms with Crippen LogP contribution in [0.4, 0.5) is 0 Å². The van der Waals surface area contributed by atoms with Crippen LogP contribution in [0.5, 0.6) is 0 Å². The van der Waals surface area contributed by atoms with Crippen LogP contribution in [-0.2, 0) is 14.3 Å². The zero-order valence-electron chi connectivity index (χ0n) is 13.6. The van der Waals surface area contributed by atoms with Crippen molar-refractivity contribution < 1.29 is 19.4 Å². The molecule has 0 unspecified atom stereocenters. The van der Waals surface area contributed by atoms with Crippen LogP contribution in [0, 0.1) is 11.8 Å². The second-order valence-corrected chi connectivity index (χ2v) is 6.99. The number of ether oxygens (including phenoxy) is 1. The summed E-state index contributed by atoms with van der Waals surface area (Å²) in [5.74, 6) is 0.337. The first-order valence-corrected chi connectivity index (χ1v) is 8.65. The van der Waals surface area contributed by atoms with Crippen LogP contribution >= 0.6 is 0 Å². The van der Waals surface area contributed by atoms with Gasteiger partial charge in [0.1, 0.15) is 6.61 Å². The first kappa shape index (κ1) is 17.3. The average Bonchev–Trinajstić information content (AvgIpc) is 2.51. The molecule has 0 radical (unpaired) electrons. The van der Waals surface area contributed by atoms with E-state index in [4.69, 9.17) is 9.84 Å². The van der Waals surface area contributed by atoms with Gasteiger partial charge in [0.2, 0.25) is 5.91 Å². The molecule has 2 fully saturated rings. The number of carbonyl (C=O) groups excluding carboxylic acids is 1. The lowest BCUT2D eigenvalue weighted by Gasteiger charge is -2.33. The molecule has 0 aromatic rings. The van der Waals surface area contributed by atoms with Crippen molar-refractivity contribution in [2.24, 2.45) is 11.8 Å². The van der Waals surface area contributed by atoms with Gasteiger partial charge in [-0.3, -0.25) is 9.59 Å². The topological polar surface area (TPSA) is 66.8 Å². The van der Waals surface area contributed by atoms with Crippen molar-refractivity contribution in [2.75, 3.05) is 19.7 Å². The van der Waals surface area contributed by atoms with E-state index in [9.17, 15) is 9.59 Å². The van der Waals surface area contributed by atoms with E-state index in [0.29, 0.717) is 24.8 Å². The zero-order valence-corrected chi connectivity index (χ0v) is 13.6. The molecular weight excluding hydrogens is 282 g/mol. The summed E-state index contributed by atoms with van der Waals surface area (Å²) in [5, 5.41) is 8.77. The number of amides is 1. The van der Waals surface area contributed by atoms with Gasteiger partial charge in [0.05, 0.1) is 6.10 Å². The third-order valence-electron chi connectivity index (χ3n) is 4.97. The van der Waals surface area contributed by atoms with E-state index in [1.165, 1.54) is 12.8 Å². The molecule has 3 atom stereocenters. The zero-order chi connectivity index (χ0) is 15.9. The highest BCUT2D eigenvalue weighted by atomic mass is 16.5. The number of carbonyl (C=O) groups is 2. The van der Waals surface area contributed by atoms with Gasteiger partial charge >= 0.3 is 5.97 Å². The molecule has 1 N–H and O–H groups in total. The van der Waals surface area contributed by atoms with Gasteiger partial charge in [-0.25, -0.2) is 0 Å². The Hall–Kier alpha value is -1.10. The van der Waals surface area contributed by atoms with Crippen LogP contribution in [0.3, 0.4) is 0 Å². The Bertz CT molecular complexity index is 385. The summed E-state index contributed by atoms with van der Waals surface area (Å²) in [5.41, 5.74) is 0. The summed E-state index contributed by atoms with van der Waals surface area (Å²) in [4.78, 5) is 24.8. The second kappa shape index (κ2) is 8.51. The van der Waals surface area contributed by atoms with Crippen LogP contribution in [-0.4, -0.2) is 47.7 Å². The van der Waals surface area contributed by atoms with E-state index in [-0.39, 0.29) is 25.0 Å². The summed E-state index contributed by atoms with van der Waals surface area (Å²) < 4.78 is 5.82. The number of piperidine rings is 1. The fraction of sp³-hybridized carbons (Fsp3) is 0.882. The summed E-state index contributed by atoms with van der Waals surface area (Å²) in [6.45, 7) is 3.90. The van der Waals surface area contributed by atoms with Crippen molar-refractivity contribution in [1.29, 1.82) is 0 Å². The van der Waals surface area contributed by atoms with Crippen LogP contribution in [0.2, 0.25) is 0 Å². The van der Waals surface area contributed by atoms with E-state index in [0.717, 1.165) is 32.2 Å². The SMILES string of the molecule is C[C@@H]1CCC[C@@H](OCC(=O)N2CCC[C@@H](CCC(=O)O)C2)C1. The molecule has 5 nitrogen and oxygen atoms in total. The fourth-order valence-electron chi connectivity index (χ4n) is 3.67. The van der Waals surface area contributed by atoms with Gasteiger partial charge in [-0.1, -0.05) is 19.8 Å². The number of hydrogen-bond acceptors (Lipinski definition) is 3. The van der Waals surface area contributed by atoms with Gasteiger partial charge in [-0.2, -0.15) is 0 Å². The molecule has 1 aliphatic heterocycles. The predicted octanol–water partition coefficient (Wildman–Crippen LogP) is 2.69. The van der Waals surface area contributed by atoms with Gasteiger partial charge in [0.15, 0.2) is 0 Å². The minimum atomic E-state index is -0.752. The van der Waals surface area contributed by atoms with Crippen LogP contribution in [0.25, 0.3) is 0 Å². The molecule has 1 saturated carbocycles. The maximum atomic E-state index is 12.3. The van der Waals surface area contributed by atoms with E-state index in [1.54, 1.807) is 0 Å². The molecule has 22 heavy (non-hydrogen) atoms. The van der Waals surface area contributed by atoms with Crippen molar-refractivity contribution in [3.05, 3.63) is 0 Å². The lowest BCUT2D eigenvalue weighted by molar-refractivity contribution is -0.141. The minimum absolute atomic E-state index is 0.0678. The Morgan fingerprint density at radius 2 is 2.05 bits per heavy atom. The highest BCUT2D eigenvalue weighted by Crippen LogP contribution is 2.26. The molecule has 5 heteroatoms. The van der Waals surface area contributed by atoms with Crippen molar-refractivity contribution in [1.82, 2.24) is 4.90 Å². The Kier molecular flexibility index (Phi) is 6.68. The molecule has 0 aromatic heterocycles. The van der Waals surface area contributed by atoms with Crippen molar-refractivity contribution in [3.63, 3.8) is 0 Å². The summed E-state index contributed by atoms with van der Waals surface area (Å²) in [6, 6.07) is 0. The molecule has 1 saturated heterocycles. The lowest BCUT2D eigenvalue weighted by Crippen LogP contribution is -2.42. The van der Waals surface area contributed by atoms with Crippen LogP contribution in [0.1, 0.15) is 58.3 Å². The molecule has 126 valence electrons. The molecule has 0 spiro atoms. The van der Waals surface area contributed by atoms with Crippen molar-refractivity contribution in [3.8, 4) is 0 Å². The van der Waals surface area contributed by atoms with Crippen molar-refractivity contribution >= 4 is 11.9 Å². The molecular formula is C17H29NO4. The number of aliphatic carboxylic acids is 1. The summed E-state index contributed by atoms with van der Waals surface area (Å²) >= 11 is 0. The molecule has 2 aliphatic rings. The molecule has 1 aliphatic carbocycles. The van der Waals surface area contributed by atoms with Gasteiger partial charge in [-0.15, -0.1) is 0 Å². The first-order valence-electron chi connectivity index (χ1n) is 8.65. The Morgan fingerprint density at radius 3 is 2.77 bits per heavy atom. The average molecular weight is 311 g/mol. The highest BCUT2D eigenvalue weighted by Gasteiger charge is 2.25. The van der Waals surface area contributed by atoms with E-state index >= 15 is 0 Å². The van der Waals surface area contributed by atoms with Gasteiger partial charge < -0.3 is 14.7 Å². The monoisotopic (exact) mass is 311 g/mol. The molecule has 1 heterocycles. The lowest BCUT2D eigenvalue weighted by atomic mass is 9.89. The van der Waals surface area contributed by atoms with Crippen molar-refractivity contribution in [2.45, 2.75) is 64.4 Å². The smallest absolute Gasteiger partial charge is 0.303 e. The molecule has 2 rings (SSSR count). The summed E-state index contributed by atoms with van der Waals surface area (Å²) in [7, 11) is 0. The number of nitrogens with zero attached hydrogens (tertiary/aromatic N) is 1. The fourth-order valence-corrected chi connectivity index (χ4v) is 3.67. The normalized spacial score (nSPS) is 29.3. The Labute approximate surface area is 133 Å². The third kappa shape index (κ3) is 5.59. The maximum Gasteiger partial charge on any atom is 0.303 e. The van der Waals surface area contributed by atoms with Gasteiger partial charge in [0.25, 0.3) is 0 Å². The molecule has 0 bridgehead atoms. The maximum absolute atomic E-state index is 12.3. The first-order chi connectivity index (χ1) is 10.5. The summed E-state index contributed by atoms with van der Waals surface area (Å²) in [6.07, 6.45) is 7.69. The highest BCUT2D eigenvalue weighted by molar-refractivity contribution is 5.77. The Morgan fingerprint density at radius 1 is 1.23 bits per heavy atom. The number of likely N-dealkylation sites (tertiary alicyclic amines) is 1. The molecule has 0 aromatic carbocycles. The number of carboxylic acid groups (broad SMARTS) is 1. The largest absolute Gasteiger partial charge is 0.481 e. The third-order valence-corrected chi connectivity index (χ3v) is 4.97. The van der Waals surface area contributed by atoms with E-state index in [1.807, 2.05) is 4.90 Å². The predicted molar refractivity (Wildman–Crippen MR) is 83.5 cm³/mol. The Balaban J connectivity index is 1.70. The minimum Gasteiger partial charge on any atom is -0.481 e. The number of rotatable bonds is 6.